The molecule has 1 N–H and O–H groups in total. The molecule has 0 unspecified atom stereocenters. The highest BCUT2D eigenvalue weighted by atomic mass is 15.2. The van der Waals surface area contributed by atoms with E-state index in [0.29, 0.717) is 0 Å². The first kappa shape index (κ1) is 12.8. The van der Waals surface area contributed by atoms with Gasteiger partial charge in [-0.05, 0) is 23.8 Å². The minimum absolute atomic E-state index is 0.857. The second-order valence-corrected chi connectivity index (χ2v) is 4.89. The molecule has 4 nitrogen and oxygen atoms in total. The molecule has 0 aliphatic carbocycles. The van der Waals surface area contributed by atoms with E-state index >= 15 is 0 Å². The molecule has 0 bridgehead atoms. The predicted molar refractivity (Wildman–Crippen MR) is 80.4 cm³/mol. The van der Waals surface area contributed by atoms with Gasteiger partial charge in [0.05, 0.1) is 11.2 Å². The van der Waals surface area contributed by atoms with Crippen LogP contribution in [0.25, 0.3) is 10.9 Å². The fourth-order valence-electron chi connectivity index (χ4n) is 2.35. The Bertz CT molecular complexity index is 697. The van der Waals surface area contributed by atoms with Gasteiger partial charge in [-0.25, -0.2) is 0 Å². The van der Waals surface area contributed by atoms with Crippen LogP contribution in [0.4, 0.5) is 0 Å². The molecule has 0 amide bonds. The van der Waals surface area contributed by atoms with Crippen molar-refractivity contribution in [3.05, 3.63) is 60.0 Å². The quantitative estimate of drug-likeness (QED) is 0.721. The van der Waals surface area contributed by atoms with Gasteiger partial charge in [0.1, 0.15) is 0 Å². The van der Waals surface area contributed by atoms with Crippen molar-refractivity contribution < 1.29 is 0 Å². The topological polar surface area (TPSA) is 42.7 Å². The summed E-state index contributed by atoms with van der Waals surface area (Å²) in [5.74, 6) is 0. The summed E-state index contributed by atoms with van der Waals surface area (Å²) in [6, 6.07) is 12.4. The predicted octanol–water partition coefficient (Wildman–Crippen LogP) is 2.30. The van der Waals surface area contributed by atoms with Crippen LogP contribution in [0, 0.1) is 0 Å². The third-order valence-electron chi connectivity index (χ3n) is 3.38. The van der Waals surface area contributed by atoms with Crippen LogP contribution in [-0.4, -0.2) is 21.3 Å². The van der Waals surface area contributed by atoms with E-state index < -0.39 is 0 Å². The van der Waals surface area contributed by atoms with Crippen LogP contribution in [0.1, 0.15) is 11.3 Å². The van der Waals surface area contributed by atoms with E-state index in [-0.39, 0.29) is 0 Å². The molecule has 3 aromatic rings. The maximum absolute atomic E-state index is 4.38. The minimum Gasteiger partial charge on any atom is -0.312 e. The van der Waals surface area contributed by atoms with Crippen molar-refractivity contribution in [1.82, 2.24) is 20.1 Å². The van der Waals surface area contributed by atoms with E-state index in [1.54, 1.807) is 0 Å². The van der Waals surface area contributed by atoms with Crippen molar-refractivity contribution >= 4 is 10.9 Å². The van der Waals surface area contributed by atoms with E-state index in [0.717, 1.165) is 30.7 Å². The fourth-order valence-corrected chi connectivity index (χ4v) is 2.35. The average molecular weight is 266 g/mol. The van der Waals surface area contributed by atoms with Crippen LogP contribution in [-0.2, 0) is 20.0 Å². The summed E-state index contributed by atoms with van der Waals surface area (Å²) >= 11 is 0. The van der Waals surface area contributed by atoms with Crippen molar-refractivity contribution in [2.75, 3.05) is 6.54 Å². The average Bonchev–Trinajstić information content (AvgIpc) is 2.89. The summed E-state index contributed by atoms with van der Waals surface area (Å²) in [6.07, 6.45) is 4.80. The molecule has 102 valence electrons. The van der Waals surface area contributed by atoms with Gasteiger partial charge in [-0.2, -0.15) is 5.10 Å². The summed E-state index contributed by atoms with van der Waals surface area (Å²) in [6.45, 7) is 1.78. The van der Waals surface area contributed by atoms with E-state index in [2.05, 4.69) is 39.7 Å². The van der Waals surface area contributed by atoms with Gasteiger partial charge in [-0.3, -0.25) is 9.67 Å². The number of benzene rings is 1. The van der Waals surface area contributed by atoms with E-state index in [1.165, 1.54) is 10.9 Å². The number of hydrogen-bond acceptors (Lipinski definition) is 3. The Morgan fingerprint density at radius 1 is 1.15 bits per heavy atom. The molecule has 0 fully saturated rings. The number of aryl methyl sites for hydroxylation is 1. The standard InChI is InChI=1S/C16H18N4/c1-20-11-8-14(19-20)7-9-17-12-13-6-10-18-16-5-3-2-4-15(13)16/h2-6,8,10-11,17H,7,9,12H2,1H3. The highest BCUT2D eigenvalue weighted by Crippen LogP contribution is 2.15. The van der Waals surface area contributed by atoms with Crippen LogP contribution >= 0.6 is 0 Å². The Morgan fingerprint density at radius 2 is 2.05 bits per heavy atom. The SMILES string of the molecule is Cn1ccc(CCNCc2ccnc3ccccc23)n1. The highest BCUT2D eigenvalue weighted by molar-refractivity contribution is 5.81. The van der Waals surface area contributed by atoms with Crippen molar-refractivity contribution in [2.24, 2.45) is 7.05 Å². The molecule has 0 spiro atoms. The van der Waals surface area contributed by atoms with Crippen molar-refractivity contribution in [1.29, 1.82) is 0 Å². The smallest absolute Gasteiger partial charge is 0.0705 e. The highest BCUT2D eigenvalue weighted by Gasteiger charge is 2.01. The molecule has 2 heterocycles. The lowest BCUT2D eigenvalue weighted by Gasteiger charge is -2.07. The first-order valence-corrected chi connectivity index (χ1v) is 6.85. The zero-order chi connectivity index (χ0) is 13.8. The van der Waals surface area contributed by atoms with Crippen LogP contribution < -0.4 is 5.32 Å². The van der Waals surface area contributed by atoms with Crippen molar-refractivity contribution in [3.63, 3.8) is 0 Å². The van der Waals surface area contributed by atoms with Crippen LogP contribution in [0.2, 0.25) is 0 Å². The molecule has 0 saturated carbocycles. The molecule has 0 saturated heterocycles. The van der Waals surface area contributed by atoms with Crippen molar-refractivity contribution in [3.8, 4) is 0 Å². The molecule has 2 aromatic heterocycles. The van der Waals surface area contributed by atoms with Crippen molar-refractivity contribution in [2.45, 2.75) is 13.0 Å². The van der Waals surface area contributed by atoms with Gasteiger partial charge in [-0.15, -0.1) is 0 Å². The molecule has 3 rings (SSSR count). The molecule has 4 heteroatoms. The van der Waals surface area contributed by atoms with Gasteiger partial charge in [-0.1, -0.05) is 18.2 Å². The summed E-state index contributed by atoms with van der Waals surface area (Å²) in [4.78, 5) is 4.38. The fraction of sp³-hybridized carbons (Fsp3) is 0.250. The molecule has 0 aliphatic rings. The lowest BCUT2D eigenvalue weighted by atomic mass is 10.1. The van der Waals surface area contributed by atoms with E-state index in [4.69, 9.17) is 0 Å². The zero-order valence-electron chi connectivity index (χ0n) is 11.6. The maximum atomic E-state index is 4.38. The van der Waals surface area contributed by atoms with Gasteiger partial charge >= 0.3 is 0 Å². The number of hydrogen-bond donors (Lipinski definition) is 1. The van der Waals surface area contributed by atoms with Gasteiger partial charge in [0.2, 0.25) is 0 Å². The largest absolute Gasteiger partial charge is 0.312 e. The summed E-state index contributed by atoms with van der Waals surface area (Å²) in [7, 11) is 1.94. The van der Waals surface area contributed by atoms with E-state index in [1.807, 2.05) is 36.3 Å². The van der Waals surface area contributed by atoms with E-state index in [9.17, 15) is 0 Å². The Labute approximate surface area is 118 Å². The maximum Gasteiger partial charge on any atom is 0.0705 e. The lowest BCUT2D eigenvalue weighted by molar-refractivity contribution is 0.667. The van der Waals surface area contributed by atoms with Gasteiger partial charge < -0.3 is 5.32 Å². The van der Waals surface area contributed by atoms with Crippen LogP contribution in [0.5, 0.6) is 0 Å². The molecule has 0 radical (unpaired) electrons. The number of nitrogens with one attached hydrogen (secondary N) is 1. The number of aromatic nitrogens is 3. The zero-order valence-corrected chi connectivity index (χ0v) is 11.6. The molecule has 1 aromatic carbocycles. The Hall–Kier alpha value is -2.20. The molecular weight excluding hydrogens is 248 g/mol. The Morgan fingerprint density at radius 3 is 2.90 bits per heavy atom. The molecule has 20 heavy (non-hydrogen) atoms. The summed E-state index contributed by atoms with van der Waals surface area (Å²) in [5.41, 5.74) is 3.47. The monoisotopic (exact) mass is 266 g/mol. The Kier molecular flexibility index (Phi) is 3.74. The number of rotatable bonds is 5. The van der Waals surface area contributed by atoms with Crippen LogP contribution in [0.3, 0.4) is 0 Å². The molecule has 0 aliphatic heterocycles. The summed E-state index contributed by atoms with van der Waals surface area (Å²) in [5, 5.41) is 9.07. The normalized spacial score (nSPS) is 11.1. The number of nitrogens with zero attached hydrogens (tertiary/aromatic N) is 3. The number of para-hydroxylation sites is 1. The Balaban J connectivity index is 1.60. The first-order chi connectivity index (χ1) is 9.83. The van der Waals surface area contributed by atoms with Crippen LogP contribution in [0.15, 0.2) is 48.8 Å². The third kappa shape index (κ3) is 2.86. The first-order valence-electron chi connectivity index (χ1n) is 6.85. The second-order valence-electron chi connectivity index (χ2n) is 4.89. The lowest BCUT2D eigenvalue weighted by Crippen LogP contribution is -2.17. The minimum atomic E-state index is 0.857. The number of pyridine rings is 1. The molecular formula is C16H18N4. The molecule has 0 atom stereocenters. The van der Waals surface area contributed by atoms with Gasteiger partial charge in [0, 0.05) is 44.3 Å². The summed E-state index contributed by atoms with van der Waals surface area (Å²) < 4.78 is 1.84. The van der Waals surface area contributed by atoms with Gasteiger partial charge in [0.15, 0.2) is 0 Å². The second kappa shape index (κ2) is 5.84. The number of fused-ring (bicyclic) bond motifs is 1. The van der Waals surface area contributed by atoms with Gasteiger partial charge in [0.25, 0.3) is 0 Å². The third-order valence-corrected chi connectivity index (χ3v) is 3.38.